The molecule has 1 aliphatic heterocycles. The number of nitrogens with one attached hydrogen (secondary N) is 1. The van der Waals surface area contributed by atoms with Gasteiger partial charge in [-0.15, -0.1) is 0 Å². The lowest BCUT2D eigenvalue weighted by atomic mass is 9.98. The third kappa shape index (κ3) is 4.80. The first-order valence-corrected chi connectivity index (χ1v) is 6.29. The quantitative estimate of drug-likeness (QED) is 0.700. The zero-order chi connectivity index (χ0) is 11.1. The van der Waals surface area contributed by atoms with Crippen molar-refractivity contribution in [1.29, 1.82) is 0 Å². The van der Waals surface area contributed by atoms with Crippen molar-refractivity contribution in [2.75, 3.05) is 33.2 Å². The number of hydrogen-bond acceptors (Lipinski definition) is 2. The minimum atomic E-state index is 0.952. The highest BCUT2D eigenvalue weighted by Crippen LogP contribution is 2.20. The van der Waals surface area contributed by atoms with E-state index in [-0.39, 0.29) is 0 Å². The lowest BCUT2D eigenvalue weighted by Crippen LogP contribution is -2.29. The Bertz CT molecular complexity index is 189. The first-order valence-electron chi connectivity index (χ1n) is 6.29. The van der Waals surface area contributed by atoms with Crippen LogP contribution >= 0.6 is 0 Å². The summed E-state index contributed by atoms with van der Waals surface area (Å²) in [5.41, 5.74) is 1.31. The molecule has 0 spiro atoms. The second-order valence-corrected chi connectivity index (χ2v) is 4.76. The fraction of sp³-hybridized carbons (Fsp3) is 0.846. The molecule has 1 heterocycles. The second kappa shape index (κ2) is 7.02. The van der Waals surface area contributed by atoms with Gasteiger partial charge in [0.2, 0.25) is 0 Å². The van der Waals surface area contributed by atoms with Crippen molar-refractivity contribution in [2.24, 2.45) is 5.92 Å². The molecule has 2 nitrogen and oxygen atoms in total. The Labute approximate surface area is 94.7 Å². The molecule has 0 aromatic carbocycles. The predicted molar refractivity (Wildman–Crippen MR) is 67.1 cm³/mol. The summed E-state index contributed by atoms with van der Waals surface area (Å²) in [6.07, 6.45) is 5.52. The Hall–Kier alpha value is -0.340. The predicted octanol–water partition coefficient (Wildman–Crippen LogP) is 2.27. The van der Waals surface area contributed by atoms with E-state index in [2.05, 4.69) is 23.7 Å². The molecule has 0 amide bonds. The van der Waals surface area contributed by atoms with E-state index in [9.17, 15) is 0 Å². The Morgan fingerprint density at radius 1 is 1.40 bits per heavy atom. The average Bonchev–Trinajstić information content (AvgIpc) is 2.43. The van der Waals surface area contributed by atoms with Gasteiger partial charge in [0.05, 0.1) is 0 Å². The first-order chi connectivity index (χ1) is 7.26. The van der Waals surface area contributed by atoms with Crippen molar-refractivity contribution >= 4 is 0 Å². The first kappa shape index (κ1) is 12.7. The van der Waals surface area contributed by atoms with Crippen LogP contribution in [0.5, 0.6) is 0 Å². The van der Waals surface area contributed by atoms with Gasteiger partial charge in [-0.1, -0.05) is 19.9 Å². The van der Waals surface area contributed by atoms with Crippen LogP contribution in [-0.2, 0) is 0 Å². The second-order valence-electron chi connectivity index (χ2n) is 4.76. The van der Waals surface area contributed by atoms with Crippen LogP contribution in [0.3, 0.4) is 0 Å². The van der Waals surface area contributed by atoms with E-state index in [1.165, 1.54) is 44.3 Å². The van der Waals surface area contributed by atoms with Gasteiger partial charge in [0, 0.05) is 13.1 Å². The Kier molecular flexibility index (Phi) is 5.96. The maximum atomic E-state index is 4.10. The van der Waals surface area contributed by atoms with E-state index in [1.54, 1.807) is 0 Å². The van der Waals surface area contributed by atoms with Gasteiger partial charge in [-0.3, -0.25) is 4.90 Å². The zero-order valence-corrected chi connectivity index (χ0v) is 10.4. The van der Waals surface area contributed by atoms with Crippen LogP contribution in [0.25, 0.3) is 0 Å². The minimum absolute atomic E-state index is 0.952. The minimum Gasteiger partial charge on any atom is -0.316 e. The molecule has 1 rings (SSSR count). The Morgan fingerprint density at radius 3 is 2.87 bits per heavy atom. The molecule has 1 aliphatic rings. The Balaban J connectivity index is 2.27. The van der Waals surface area contributed by atoms with E-state index < -0.39 is 0 Å². The van der Waals surface area contributed by atoms with Gasteiger partial charge in [0.25, 0.3) is 0 Å². The van der Waals surface area contributed by atoms with E-state index in [4.69, 9.17) is 0 Å². The molecule has 1 fully saturated rings. The van der Waals surface area contributed by atoms with Gasteiger partial charge < -0.3 is 5.32 Å². The van der Waals surface area contributed by atoms with Gasteiger partial charge in [-0.2, -0.15) is 0 Å². The van der Waals surface area contributed by atoms with E-state index >= 15 is 0 Å². The van der Waals surface area contributed by atoms with E-state index in [1.807, 2.05) is 7.05 Å². The summed E-state index contributed by atoms with van der Waals surface area (Å²) in [7, 11) is 1.99. The van der Waals surface area contributed by atoms with Crippen molar-refractivity contribution in [2.45, 2.75) is 32.6 Å². The average molecular weight is 210 g/mol. The van der Waals surface area contributed by atoms with E-state index in [0.717, 1.165) is 19.0 Å². The molecule has 1 atom stereocenters. The topological polar surface area (TPSA) is 15.3 Å². The van der Waals surface area contributed by atoms with Crippen LogP contribution in [0.15, 0.2) is 12.2 Å². The van der Waals surface area contributed by atoms with Crippen LogP contribution in [0.1, 0.15) is 32.6 Å². The molecule has 1 saturated heterocycles. The monoisotopic (exact) mass is 210 g/mol. The summed E-state index contributed by atoms with van der Waals surface area (Å²) >= 11 is 0. The molecule has 0 radical (unpaired) electrons. The molecular formula is C13H26N2. The fourth-order valence-corrected chi connectivity index (χ4v) is 2.41. The van der Waals surface area contributed by atoms with E-state index in [0.29, 0.717) is 0 Å². The third-order valence-electron chi connectivity index (χ3n) is 3.39. The number of likely N-dealkylation sites (tertiary alicyclic amines) is 1. The smallest absolute Gasteiger partial charge is 0.0202 e. The largest absolute Gasteiger partial charge is 0.316 e. The molecule has 0 saturated carbocycles. The normalized spacial score (nSPS) is 23.7. The van der Waals surface area contributed by atoms with Crippen molar-refractivity contribution in [3.63, 3.8) is 0 Å². The highest BCUT2D eigenvalue weighted by molar-refractivity contribution is 4.99. The maximum Gasteiger partial charge on any atom is 0.0202 e. The van der Waals surface area contributed by atoms with Crippen molar-refractivity contribution < 1.29 is 0 Å². The molecule has 0 aromatic rings. The number of nitrogens with zero attached hydrogens (tertiary/aromatic N) is 1. The maximum absolute atomic E-state index is 4.10. The summed E-state index contributed by atoms with van der Waals surface area (Å²) in [6, 6.07) is 0. The van der Waals surface area contributed by atoms with Crippen LogP contribution < -0.4 is 5.32 Å². The summed E-state index contributed by atoms with van der Waals surface area (Å²) in [5, 5.41) is 3.17. The SMILES string of the molecule is C=C(CNC)CN1CCCC(CC)CC1. The van der Waals surface area contributed by atoms with Crippen molar-refractivity contribution in [3.8, 4) is 0 Å². The van der Waals surface area contributed by atoms with Gasteiger partial charge in [0.15, 0.2) is 0 Å². The molecular weight excluding hydrogens is 184 g/mol. The molecule has 1 N–H and O–H groups in total. The summed E-state index contributed by atoms with van der Waals surface area (Å²) < 4.78 is 0. The van der Waals surface area contributed by atoms with Crippen LogP contribution in [-0.4, -0.2) is 38.1 Å². The third-order valence-corrected chi connectivity index (χ3v) is 3.39. The van der Waals surface area contributed by atoms with Crippen molar-refractivity contribution in [3.05, 3.63) is 12.2 Å². The molecule has 2 heteroatoms. The molecule has 88 valence electrons. The van der Waals surface area contributed by atoms with Crippen molar-refractivity contribution in [1.82, 2.24) is 10.2 Å². The number of likely N-dealkylation sites (N-methyl/N-ethyl adjacent to an activating group) is 1. The van der Waals surface area contributed by atoms with Crippen LogP contribution in [0.2, 0.25) is 0 Å². The standard InChI is InChI=1S/C13H26N2/c1-4-13-6-5-8-15(9-7-13)11-12(2)10-14-3/h13-14H,2,4-11H2,1,3H3. The fourth-order valence-electron chi connectivity index (χ4n) is 2.41. The molecule has 0 bridgehead atoms. The van der Waals surface area contributed by atoms with Gasteiger partial charge in [-0.25, -0.2) is 0 Å². The summed E-state index contributed by atoms with van der Waals surface area (Å²) in [4.78, 5) is 2.56. The van der Waals surface area contributed by atoms with Gasteiger partial charge >= 0.3 is 0 Å². The number of hydrogen-bond donors (Lipinski definition) is 1. The lowest BCUT2D eigenvalue weighted by Gasteiger charge is -2.21. The molecule has 0 aromatic heterocycles. The Morgan fingerprint density at radius 2 is 2.20 bits per heavy atom. The lowest BCUT2D eigenvalue weighted by molar-refractivity contribution is 0.301. The molecule has 1 unspecified atom stereocenters. The summed E-state index contributed by atoms with van der Waals surface area (Å²) in [5.74, 6) is 0.965. The van der Waals surface area contributed by atoms with Crippen LogP contribution in [0, 0.1) is 5.92 Å². The zero-order valence-electron chi connectivity index (χ0n) is 10.4. The molecule has 0 aliphatic carbocycles. The number of rotatable bonds is 5. The highest BCUT2D eigenvalue weighted by atomic mass is 15.1. The van der Waals surface area contributed by atoms with Crippen LogP contribution in [0.4, 0.5) is 0 Å². The van der Waals surface area contributed by atoms with Gasteiger partial charge in [0.1, 0.15) is 0 Å². The highest BCUT2D eigenvalue weighted by Gasteiger charge is 2.15. The molecule has 15 heavy (non-hydrogen) atoms. The van der Waals surface area contributed by atoms with Gasteiger partial charge in [-0.05, 0) is 50.9 Å². The summed E-state index contributed by atoms with van der Waals surface area (Å²) in [6.45, 7) is 11.0.